The summed E-state index contributed by atoms with van der Waals surface area (Å²) < 4.78 is 0. The van der Waals surface area contributed by atoms with E-state index in [1.165, 1.54) is 12.1 Å². The summed E-state index contributed by atoms with van der Waals surface area (Å²) in [5.41, 5.74) is -2.98. The van der Waals surface area contributed by atoms with Gasteiger partial charge < -0.3 is 20.4 Å². The molecule has 0 fully saturated rings. The minimum Gasteiger partial charge on any atom is -0.479 e. The first-order valence-electron chi connectivity index (χ1n) is 5.24. The summed E-state index contributed by atoms with van der Waals surface area (Å²) in [5.74, 6) is -5.41. The van der Waals surface area contributed by atoms with Crippen molar-refractivity contribution in [1.29, 1.82) is 0 Å². The molecular weight excluding hydrogens is 256 g/mol. The molecule has 4 N–H and O–H groups in total. The average molecular weight is 268 g/mol. The van der Waals surface area contributed by atoms with Crippen LogP contribution in [0.4, 0.5) is 0 Å². The third kappa shape index (κ3) is 2.95. The Bertz CT molecular complexity index is 496. The van der Waals surface area contributed by atoms with Gasteiger partial charge >= 0.3 is 11.9 Å². The maximum atomic E-state index is 11.8. The van der Waals surface area contributed by atoms with Crippen LogP contribution in [0.25, 0.3) is 0 Å². The summed E-state index contributed by atoms with van der Waals surface area (Å²) in [6, 6.07) is 7.87. The van der Waals surface area contributed by atoms with E-state index in [1.54, 1.807) is 18.2 Å². The molecular formula is C12H12O7. The van der Waals surface area contributed by atoms with Crippen molar-refractivity contribution in [3.8, 4) is 0 Å². The van der Waals surface area contributed by atoms with Gasteiger partial charge in [0.1, 0.15) is 0 Å². The lowest BCUT2D eigenvalue weighted by Gasteiger charge is -2.24. The zero-order valence-electron chi connectivity index (χ0n) is 9.68. The molecule has 0 heterocycles. The lowest BCUT2D eigenvalue weighted by atomic mass is 9.88. The fourth-order valence-corrected chi connectivity index (χ4v) is 1.48. The molecule has 0 spiro atoms. The molecule has 1 aromatic carbocycles. The Labute approximate surface area is 107 Å². The number of carboxylic acid groups (broad SMARTS) is 2. The zero-order valence-corrected chi connectivity index (χ0v) is 9.68. The molecule has 102 valence electrons. The van der Waals surface area contributed by atoms with Crippen LogP contribution in [0.2, 0.25) is 0 Å². The molecule has 0 aromatic heterocycles. The molecule has 7 nitrogen and oxygen atoms in total. The van der Waals surface area contributed by atoms with Gasteiger partial charge in [-0.15, -0.1) is 0 Å². The van der Waals surface area contributed by atoms with Gasteiger partial charge in [-0.3, -0.25) is 4.79 Å². The van der Waals surface area contributed by atoms with Crippen LogP contribution >= 0.6 is 0 Å². The van der Waals surface area contributed by atoms with E-state index in [2.05, 4.69) is 0 Å². The highest BCUT2D eigenvalue weighted by Gasteiger charge is 2.53. The van der Waals surface area contributed by atoms with Crippen molar-refractivity contribution in [2.24, 2.45) is 0 Å². The maximum absolute atomic E-state index is 11.8. The summed E-state index contributed by atoms with van der Waals surface area (Å²) in [4.78, 5) is 33.3. The molecule has 0 saturated heterocycles. The van der Waals surface area contributed by atoms with Gasteiger partial charge in [-0.25, -0.2) is 9.59 Å². The summed E-state index contributed by atoms with van der Waals surface area (Å²) >= 11 is 0. The summed E-state index contributed by atoms with van der Waals surface area (Å²) in [6.07, 6.45) is -3.24. The highest BCUT2D eigenvalue weighted by molar-refractivity contribution is 6.10. The SMILES string of the molecule is O=C(O)[C@@H](O)[C@](O)(C(=O)O)C(=O)Cc1ccccc1. The third-order valence-corrected chi connectivity index (χ3v) is 2.59. The number of carbonyl (C=O) groups excluding carboxylic acids is 1. The maximum Gasteiger partial charge on any atom is 0.347 e. The van der Waals surface area contributed by atoms with Gasteiger partial charge in [-0.2, -0.15) is 0 Å². The van der Waals surface area contributed by atoms with Crippen LogP contribution < -0.4 is 0 Å². The molecule has 0 amide bonds. The lowest BCUT2D eigenvalue weighted by Crippen LogP contribution is -2.59. The molecule has 1 rings (SSSR count). The van der Waals surface area contributed by atoms with Gasteiger partial charge in [-0.1, -0.05) is 30.3 Å². The first-order valence-corrected chi connectivity index (χ1v) is 5.24. The van der Waals surface area contributed by atoms with Gasteiger partial charge in [-0.05, 0) is 5.56 Å². The van der Waals surface area contributed by atoms with Gasteiger partial charge in [0, 0.05) is 6.42 Å². The van der Waals surface area contributed by atoms with Crippen molar-refractivity contribution in [1.82, 2.24) is 0 Å². The van der Waals surface area contributed by atoms with E-state index in [1.807, 2.05) is 0 Å². The molecule has 0 saturated carbocycles. The Morgan fingerprint density at radius 1 is 1.11 bits per heavy atom. The van der Waals surface area contributed by atoms with E-state index < -0.39 is 35.8 Å². The third-order valence-electron chi connectivity index (χ3n) is 2.59. The molecule has 0 aliphatic carbocycles. The number of hydrogen-bond acceptors (Lipinski definition) is 5. The van der Waals surface area contributed by atoms with E-state index in [9.17, 15) is 24.6 Å². The van der Waals surface area contributed by atoms with Crippen molar-refractivity contribution < 1.29 is 34.8 Å². The van der Waals surface area contributed by atoms with Crippen LogP contribution in [0.1, 0.15) is 5.56 Å². The number of Topliss-reactive ketones (excluding diaryl/α,β-unsaturated/α-hetero) is 1. The molecule has 0 aliphatic rings. The second-order valence-corrected chi connectivity index (χ2v) is 3.90. The number of carbonyl (C=O) groups is 3. The number of hydrogen-bond donors (Lipinski definition) is 4. The minimum atomic E-state index is -3.37. The molecule has 19 heavy (non-hydrogen) atoms. The molecule has 2 atom stereocenters. The molecule has 0 radical (unpaired) electrons. The Balaban J connectivity index is 3.04. The number of benzene rings is 1. The normalized spacial score (nSPS) is 15.3. The monoisotopic (exact) mass is 268 g/mol. The largest absolute Gasteiger partial charge is 0.479 e. The summed E-state index contributed by atoms with van der Waals surface area (Å²) in [7, 11) is 0. The van der Waals surface area contributed by atoms with Crippen molar-refractivity contribution in [2.45, 2.75) is 18.1 Å². The number of rotatable bonds is 6. The number of aliphatic hydroxyl groups excluding tert-OH is 1. The van der Waals surface area contributed by atoms with Gasteiger partial charge in [0.15, 0.2) is 11.9 Å². The summed E-state index contributed by atoms with van der Waals surface area (Å²) in [6.45, 7) is 0. The lowest BCUT2D eigenvalue weighted by molar-refractivity contribution is -0.186. The van der Waals surface area contributed by atoms with Crippen LogP contribution in [0.15, 0.2) is 30.3 Å². The van der Waals surface area contributed by atoms with E-state index in [0.717, 1.165) is 0 Å². The van der Waals surface area contributed by atoms with E-state index in [4.69, 9.17) is 10.2 Å². The minimum absolute atomic E-state index is 0.393. The average Bonchev–Trinajstić information content (AvgIpc) is 2.37. The number of aliphatic hydroxyl groups is 2. The predicted octanol–water partition coefficient (Wildman–Crippen LogP) is -0.941. The number of ketones is 1. The standard InChI is InChI=1S/C12H12O7/c13-8(6-7-4-2-1-3-5-7)12(19,11(17)18)9(14)10(15)16/h1-5,9,14,19H,6H2,(H,15,16)(H,17,18)/t9-,12+/m1/s1. The Morgan fingerprint density at radius 3 is 2.05 bits per heavy atom. The van der Waals surface area contributed by atoms with E-state index >= 15 is 0 Å². The van der Waals surface area contributed by atoms with Gasteiger partial charge in [0.05, 0.1) is 0 Å². The topological polar surface area (TPSA) is 132 Å². The first-order chi connectivity index (χ1) is 8.80. The van der Waals surface area contributed by atoms with Crippen molar-refractivity contribution in [3.05, 3.63) is 35.9 Å². The Morgan fingerprint density at radius 2 is 1.63 bits per heavy atom. The van der Waals surface area contributed by atoms with Crippen LogP contribution in [0.5, 0.6) is 0 Å². The highest BCUT2D eigenvalue weighted by Crippen LogP contribution is 2.17. The van der Waals surface area contributed by atoms with Crippen LogP contribution in [0, 0.1) is 0 Å². The van der Waals surface area contributed by atoms with Crippen molar-refractivity contribution in [2.75, 3.05) is 0 Å². The quantitative estimate of drug-likeness (QED) is 0.489. The van der Waals surface area contributed by atoms with Crippen LogP contribution in [-0.4, -0.2) is 49.9 Å². The second kappa shape index (κ2) is 5.59. The molecule has 0 bridgehead atoms. The summed E-state index contributed by atoms with van der Waals surface area (Å²) in [5, 5.41) is 36.3. The first kappa shape index (κ1) is 14.8. The number of aliphatic carboxylic acids is 2. The molecule has 0 unspecified atom stereocenters. The Kier molecular flexibility index (Phi) is 4.36. The van der Waals surface area contributed by atoms with Gasteiger partial charge in [0.2, 0.25) is 0 Å². The Hall–Kier alpha value is -2.25. The van der Waals surface area contributed by atoms with E-state index in [-0.39, 0.29) is 0 Å². The fourth-order valence-electron chi connectivity index (χ4n) is 1.48. The fraction of sp³-hybridized carbons (Fsp3) is 0.250. The highest BCUT2D eigenvalue weighted by atomic mass is 16.4. The smallest absolute Gasteiger partial charge is 0.347 e. The van der Waals surface area contributed by atoms with Crippen LogP contribution in [0.3, 0.4) is 0 Å². The van der Waals surface area contributed by atoms with Crippen molar-refractivity contribution >= 4 is 17.7 Å². The van der Waals surface area contributed by atoms with E-state index in [0.29, 0.717) is 5.56 Å². The second-order valence-electron chi connectivity index (χ2n) is 3.90. The van der Waals surface area contributed by atoms with Crippen molar-refractivity contribution in [3.63, 3.8) is 0 Å². The van der Waals surface area contributed by atoms with Crippen LogP contribution in [-0.2, 0) is 20.8 Å². The predicted molar refractivity (Wildman–Crippen MR) is 61.4 cm³/mol. The molecule has 7 heteroatoms. The molecule has 1 aromatic rings. The number of carboxylic acids is 2. The molecule has 0 aliphatic heterocycles. The zero-order chi connectivity index (χ0) is 14.6. The van der Waals surface area contributed by atoms with Gasteiger partial charge in [0.25, 0.3) is 5.60 Å².